The summed E-state index contributed by atoms with van der Waals surface area (Å²) in [4.78, 5) is 0. The zero-order valence-corrected chi connectivity index (χ0v) is 7.47. The topological polar surface area (TPSA) is 29.5 Å². The van der Waals surface area contributed by atoms with Crippen LogP contribution in [-0.2, 0) is 4.74 Å². The number of hydrogen-bond donors (Lipinski definition) is 1. The highest BCUT2D eigenvalue weighted by Gasteiger charge is 2.28. The highest BCUT2D eigenvalue weighted by atomic mass is 35.5. The van der Waals surface area contributed by atoms with Gasteiger partial charge in [-0.25, -0.2) is 0 Å². The van der Waals surface area contributed by atoms with E-state index in [2.05, 4.69) is 0 Å². The Balaban J connectivity index is 2.31. The summed E-state index contributed by atoms with van der Waals surface area (Å²) < 4.78 is 4.96. The van der Waals surface area contributed by atoms with E-state index >= 15 is 0 Å². The Morgan fingerprint density at radius 1 is 1.64 bits per heavy atom. The Morgan fingerprint density at radius 2 is 2.36 bits per heavy atom. The lowest BCUT2D eigenvalue weighted by Crippen LogP contribution is -2.26. The van der Waals surface area contributed by atoms with Crippen molar-refractivity contribution >= 4 is 11.6 Å². The zero-order chi connectivity index (χ0) is 8.27. The van der Waals surface area contributed by atoms with E-state index in [0.717, 1.165) is 12.8 Å². The van der Waals surface area contributed by atoms with Crippen molar-refractivity contribution in [1.82, 2.24) is 0 Å². The van der Waals surface area contributed by atoms with E-state index in [-0.39, 0.29) is 11.3 Å². The molecule has 1 radical (unpaired) electrons. The highest BCUT2D eigenvalue weighted by molar-refractivity contribution is 6.20. The lowest BCUT2D eigenvalue weighted by atomic mass is 9.87. The van der Waals surface area contributed by atoms with Crippen LogP contribution in [-0.4, -0.2) is 24.2 Å². The maximum atomic E-state index is 9.42. The van der Waals surface area contributed by atoms with Crippen LogP contribution in [0.15, 0.2) is 0 Å². The molecular weight excluding hydrogens is 164 g/mol. The van der Waals surface area contributed by atoms with Crippen LogP contribution in [0.2, 0.25) is 0 Å². The number of alkyl halides is 1. The second-order valence-corrected chi connectivity index (χ2v) is 3.64. The molecule has 1 rings (SSSR count). The number of ether oxygens (including phenoxy) is 1. The van der Waals surface area contributed by atoms with Gasteiger partial charge in [0.1, 0.15) is 6.10 Å². The first-order chi connectivity index (χ1) is 5.24. The van der Waals surface area contributed by atoms with E-state index in [9.17, 15) is 5.11 Å². The van der Waals surface area contributed by atoms with E-state index in [1.165, 1.54) is 0 Å². The largest absolute Gasteiger partial charge is 0.386 e. The molecule has 0 aliphatic heterocycles. The van der Waals surface area contributed by atoms with Crippen molar-refractivity contribution < 1.29 is 9.84 Å². The monoisotopic (exact) mass is 177 g/mol. The molecule has 3 heteroatoms. The molecule has 1 aliphatic rings. The standard InChI is InChI=1S/C8H14ClO2/c1-11-5-6-2-3-7(9)4-8(6)10/h6-7,10H,2-5H2,1H3. The minimum Gasteiger partial charge on any atom is -0.386 e. The van der Waals surface area contributed by atoms with Gasteiger partial charge in [-0.05, 0) is 19.3 Å². The minimum absolute atomic E-state index is 0.128. The van der Waals surface area contributed by atoms with Crippen molar-refractivity contribution in [2.24, 2.45) is 5.92 Å². The van der Waals surface area contributed by atoms with Gasteiger partial charge in [0.2, 0.25) is 0 Å². The van der Waals surface area contributed by atoms with Crippen molar-refractivity contribution in [3.05, 3.63) is 6.10 Å². The SMILES string of the molecule is COCC1CCC(Cl)C[C]1O. The van der Waals surface area contributed by atoms with Crippen LogP contribution in [0.1, 0.15) is 19.3 Å². The third kappa shape index (κ3) is 2.62. The summed E-state index contributed by atoms with van der Waals surface area (Å²) in [6.07, 6.45) is 3.08. The molecule has 0 heterocycles. The normalized spacial score (nSPS) is 34.1. The van der Waals surface area contributed by atoms with Crippen LogP contribution in [0.3, 0.4) is 0 Å². The fraction of sp³-hybridized carbons (Fsp3) is 0.875. The Morgan fingerprint density at radius 3 is 2.91 bits per heavy atom. The number of methoxy groups -OCH3 is 1. The van der Waals surface area contributed by atoms with Crippen molar-refractivity contribution in [1.29, 1.82) is 0 Å². The molecule has 2 atom stereocenters. The van der Waals surface area contributed by atoms with Crippen LogP contribution < -0.4 is 0 Å². The van der Waals surface area contributed by atoms with Gasteiger partial charge in [0.25, 0.3) is 0 Å². The van der Waals surface area contributed by atoms with Gasteiger partial charge >= 0.3 is 0 Å². The third-order valence-electron chi connectivity index (χ3n) is 2.10. The first-order valence-electron chi connectivity index (χ1n) is 3.91. The smallest absolute Gasteiger partial charge is 0.100 e. The molecule has 2 nitrogen and oxygen atoms in total. The Bertz CT molecular complexity index is 119. The minimum atomic E-state index is 0.128. The van der Waals surface area contributed by atoms with E-state index in [1.54, 1.807) is 7.11 Å². The second kappa shape index (κ2) is 4.29. The molecule has 1 aliphatic carbocycles. The first-order valence-corrected chi connectivity index (χ1v) is 4.35. The summed E-state index contributed by atoms with van der Waals surface area (Å²) in [6, 6.07) is 0. The molecule has 0 amide bonds. The van der Waals surface area contributed by atoms with Crippen molar-refractivity contribution in [3.63, 3.8) is 0 Å². The van der Waals surface area contributed by atoms with Gasteiger partial charge in [0.15, 0.2) is 0 Å². The molecular formula is C8H14ClO2. The van der Waals surface area contributed by atoms with Crippen molar-refractivity contribution in [2.45, 2.75) is 24.6 Å². The van der Waals surface area contributed by atoms with Gasteiger partial charge in [-0.1, -0.05) is 0 Å². The highest BCUT2D eigenvalue weighted by Crippen LogP contribution is 2.32. The molecule has 1 N–H and O–H groups in total. The molecule has 1 fully saturated rings. The average molecular weight is 178 g/mol. The summed E-state index contributed by atoms with van der Waals surface area (Å²) in [5.74, 6) is 0.218. The summed E-state index contributed by atoms with van der Waals surface area (Å²) in [5.41, 5.74) is 0. The summed E-state index contributed by atoms with van der Waals surface area (Å²) in [5, 5.41) is 9.55. The maximum absolute atomic E-state index is 9.42. The number of aliphatic hydroxyl groups excluding tert-OH is 1. The Hall–Kier alpha value is 0.210. The van der Waals surface area contributed by atoms with Gasteiger partial charge in [0.05, 0.1) is 6.61 Å². The van der Waals surface area contributed by atoms with Crippen LogP contribution in [0.25, 0.3) is 0 Å². The van der Waals surface area contributed by atoms with E-state index in [0.29, 0.717) is 19.1 Å². The molecule has 0 saturated heterocycles. The van der Waals surface area contributed by atoms with E-state index < -0.39 is 0 Å². The molecule has 11 heavy (non-hydrogen) atoms. The number of aliphatic hydroxyl groups is 1. The molecule has 0 aromatic rings. The summed E-state index contributed by atoms with van der Waals surface area (Å²) in [6.45, 7) is 0.620. The van der Waals surface area contributed by atoms with Gasteiger partial charge in [0, 0.05) is 18.4 Å². The van der Waals surface area contributed by atoms with Gasteiger partial charge in [-0.15, -0.1) is 11.6 Å². The Labute approximate surface area is 72.5 Å². The van der Waals surface area contributed by atoms with Gasteiger partial charge < -0.3 is 9.84 Å². The summed E-state index contributed by atoms with van der Waals surface area (Å²) >= 11 is 5.86. The molecule has 0 aromatic carbocycles. The quantitative estimate of drug-likeness (QED) is 0.654. The molecule has 0 aromatic heterocycles. The lowest BCUT2D eigenvalue weighted by molar-refractivity contribution is 0.0885. The fourth-order valence-electron chi connectivity index (χ4n) is 1.43. The lowest BCUT2D eigenvalue weighted by Gasteiger charge is -2.28. The van der Waals surface area contributed by atoms with Crippen LogP contribution in [0, 0.1) is 12.0 Å². The Kier molecular flexibility index (Phi) is 3.63. The second-order valence-electron chi connectivity index (χ2n) is 3.02. The average Bonchev–Trinajstić information content (AvgIpc) is 1.95. The van der Waals surface area contributed by atoms with E-state index in [1.807, 2.05) is 0 Å². The van der Waals surface area contributed by atoms with Crippen LogP contribution in [0.5, 0.6) is 0 Å². The molecule has 0 bridgehead atoms. The zero-order valence-electron chi connectivity index (χ0n) is 6.72. The molecule has 2 unspecified atom stereocenters. The number of halogens is 1. The van der Waals surface area contributed by atoms with Crippen LogP contribution >= 0.6 is 11.6 Å². The van der Waals surface area contributed by atoms with Crippen molar-refractivity contribution in [2.75, 3.05) is 13.7 Å². The molecule has 1 saturated carbocycles. The number of hydrogen-bond acceptors (Lipinski definition) is 2. The predicted molar refractivity (Wildman–Crippen MR) is 44.0 cm³/mol. The van der Waals surface area contributed by atoms with Crippen LogP contribution in [0.4, 0.5) is 0 Å². The fourth-order valence-corrected chi connectivity index (χ4v) is 1.71. The molecule has 65 valence electrons. The van der Waals surface area contributed by atoms with E-state index in [4.69, 9.17) is 16.3 Å². The predicted octanol–water partition coefficient (Wildman–Crippen LogP) is 1.94. The van der Waals surface area contributed by atoms with Gasteiger partial charge in [-0.3, -0.25) is 0 Å². The maximum Gasteiger partial charge on any atom is 0.100 e. The number of rotatable bonds is 2. The third-order valence-corrected chi connectivity index (χ3v) is 2.47. The molecule has 0 spiro atoms. The summed E-state index contributed by atoms with van der Waals surface area (Å²) in [7, 11) is 1.65. The first kappa shape index (κ1) is 9.30. The van der Waals surface area contributed by atoms with Gasteiger partial charge in [-0.2, -0.15) is 0 Å². The van der Waals surface area contributed by atoms with Crippen molar-refractivity contribution in [3.8, 4) is 0 Å².